The van der Waals surface area contributed by atoms with Gasteiger partial charge in [-0.15, -0.1) is 0 Å². The third-order valence-corrected chi connectivity index (χ3v) is 4.11. The van der Waals surface area contributed by atoms with Crippen LogP contribution in [0.5, 0.6) is 0 Å². The first kappa shape index (κ1) is 17.8. The van der Waals surface area contributed by atoms with Crippen LogP contribution in [0.15, 0.2) is 54.6 Å². The molecule has 2 amide bonds. The molecule has 24 heavy (non-hydrogen) atoms. The van der Waals surface area contributed by atoms with Gasteiger partial charge in [0.2, 0.25) is 0 Å². The molecule has 0 fully saturated rings. The minimum atomic E-state index is -0.212. The topological polar surface area (TPSA) is 64.6 Å². The molecule has 0 aliphatic heterocycles. The van der Waals surface area contributed by atoms with Crippen LogP contribution >= 0.6 is 0 Å². The van der Waals surface area contributed by atoms with Crippen molar-refractivity contribution in [2.75, 3.05) is 18.5 Å². The Morgan fingerprint density at radius 1 is 1.04 bits per heavy atom. The molecular formula is C19H25N3O2. The molecule has 0 aliphatic carbocycles. The number of carbonyl (C=O) groups is 1. The maximum atomic E-state index is 12.0. The van der Waals surface area contributed by atoms with E-state index in [1.54, 1.807) is 0 Å². The lowest BCUT2D eigenvalue weighted by atomic mass is 10.1. The van der Waals surface area contributed by atoms with Gasteiger partial charge in [-0.1, -0.05) is 42.5 Å². The molecule has 1 unspecified atom stereocenters. The number of nitrogens with zero attached hydrogens (tertiary/aromatic N) is 1. The predicted octanol–water partition coefficient (Wildman–Crippen LogP) is 2.50. The number of rotatable bonds is 7. The average molecular weight is 327 g/mol. The van der Waals surface area contributed by atoms with Gasteiger partial charge in [0.05, 0.1) is 6.61 Å². The summed E-state index contributed by atoms with van der Waals surface area (Å²) in [7, 11) is 2.01. The van der Waals surface area contributed by atoms with Crippen LogP contribution in [0.25, 0.3) is 0 Å². The van der Waals surface area contributed by atoms with Gasteiger partial charge in [0.15, 0.2) is 0 Å². The van der Waals surface area contributed by atoms with E-state index in [4.69, 9.17) is 0 Å². The van der Waals surface area contributed by atoms with E-state index in [-0.39, 0.29) is 18.7 Å². The molecule has 2 aromatic carbocycles. The molecule has 128 valence electrons. The summed E-state index contributed by atoms with van der Waals surface area (Å²) in [6.07, 6.45) is 0. The van der Waals surface area contributed by atoms with E-state index in [0.29, 0.717) is 13.1 Å². The quantitative estimate of drug-likeness (QED) is 0.732. The molecule has 0 saturated heterocycles. The van der Waals surface area contributed by atoms with Crippen LogP contribution in [-0.2, 0) is 13.2 Å². The van der Waals surface area contributed by atoms with Gasteiger partial charge in [0.25, 0.3) is 0 Å². The number of aliphatic hydroxyl groups is 1. The van der Waals surface area contributed by atoms with E-state index in [1.807, 2.05) is 61.6 Å². The standard InChI is InChI=1S/C19H25N3O2/c1-15(22(2)18-10-4-3-5-11-18)12-20-19(24)21-13-16-8-6-7-9-17(16)14-23/h3-11,15,23H,12-14H2,1-2H3,(H2,20,21,24). The van der Waals surface area contributed by atoms with Crippen LogP contribution in [0.4, 0.5) is 10.5 Å². The van der Waals surface area contributed by atoms with Crippen molar-refractivity contribution in [3.8, 4) is 0 Å². The van der Waals surface area contributed by atoms with Crippen molar-refractivity contribution in [3.63, 3.8) is 0 Å². The fourth-order valence-electron chi connectivity index (χ4n) is 2.42. The molecule has 0 aliphatic rings. The van der Waals surface area contributed by atoms with Crippen LogP contribution in [0.3, 0.4) is 0 Å². The molecule has 0 spiro atoms. The van der Waals surface area contributed by atoms with Gasteiger partial charge in [-0.25, -0.2) is 4.79 Å². The SMILES string of the molecule is CC(CNC(=O)NCc1ccccc1CO)N(C)c1ccccc1. The first-order valence-corrected chi connectivity index (χ1v) is 8.09. The number of aliphatic hydroxyl groups excluding tert-OH is 1. The second-order valence-electron chi connectivity index (χ2n) is 5.79. The smallest absolute Gasteiger partial charge is 0.315 e. The highest BCUT2D eigenvalue weighted by Gasteiger charge is 2.11. The molecule has 0 aromatic heterocycles. The molecule has 0 bridgehead atoms. The Morgan fingerprint density at radius 2 is 1.67 bits per heavy atom. The van der Waals surface area contributed by atoms with Crippen LogP contribution in [-0.4, -0.2) is 30.8 Å². The largest absolute Gasteiger partial charge is 0.392 e. The number of carbonyl (C=O) groups excluding carboxylic acids is 1. The maximum absolute atomic E-state index is 12.0. The van der Waals surface area contributed by atoms with Gasteiger partial charge in [-0.05, 0) is 30.2 Å². The molecule has 2 aromatic rings. The number of hydrogen-bond donors (Lipinski definition) is 3. The fourth-order valence-corrected chi connectivity index (χ4v) is 2.42. The lowest BCUT2D eigenvalue weighted by Crippen LogP contribution is -2.44. The monoisotopic (exact) mass is 327 g/mol. The van der Waals surface area contributed by atoms with E-state index in [0.717, 1.165) is 16.8 Å². The predicted molar refractivity (Wildman–Crippen MR) is 96.9 cm³/mol. The number of urea groups is 1. The van der Waals surface area contributed by atoms with E-state index in [1.165, 1.54) is 0 Å². The minimum Gasteiger partial charge on any atom is -0.392 e. The normalized spacial score (nSPS) is 11.6. The summed E-state index contributed by atoms with van der Waals surface area (Å²) in [6, 6.07) is 17.5. The number of benzene rings is 2. The van der Waals surface area contributed by atoms with Crippen molar-refractivity contribution >= 4 is 11.7 Å². The Kier molecular flexibility index (Phi) is 6.63. The Balaban J connectivity index is 1.78. The first-order valence-electron chi connectivity index (χ1n) is 8.09. The molecule has 2 rings (SSSR count). The van der Waals surface area contributed by atoms with Gasteiger partial charge in [-0.3, -0.25) is 0 Å². The lowest BCUT2D eigenvalue weighted by Gasteiger charge is -2.27. The number of likely N-dealkylation sites (N-methyl/N-ethyl adjacent to an activating group) is 1. The van der Waals surface area contributed by atoms with E-state index >= 15 is 0 Å². The Bertz CT molecular complexity index is 646. The van der Waals surface area contributed by atoms with E-state index < -0.39 is 0 Å². The summed E-state index contributed by atoms with van der Waals surface area (Å²) in [6.45, 7) is 2.97. The summed E-state index contributed by atoms with van der Waals surface area (Å²) in [5.41, 5.74) is 2.86. The molecule has 5 nitrogen and oxygen atoms in total. The highest BCUT2D eigenvalue weighted by atomic mass is 16.3. The molecule has 0 heterocycles. The fraction of sp³-hybridized carbons (Fsp3) is 0.316. The van der Waals surface area contributed by atoms with Crippen molar-refractivity contribution < 1.29 is 9.90 Å². The second-order valence-corrected chi connectivity index (χ2v) is 5.79. The highest BCUT2D eigenvalue weighted by molar-refractivity contribution is 5.74. The van der Waals surface area contributed by atoms with Crippen molar-refractivity contribution in [2.24, 2.45) is 0 Å². The average Bonchev–Trinajstić information content (AvgIpc) is 2.64. The van der Waals surface area contributed by atoms with Crippen molar-refractivity contribution in [1.82, 2.24) is 10.6 Å². The molecule has 0 radical (unpaired) electrons. The second kappa shape index (κ2) is 8.93. The number of hydrogen-bond acceptors (Lipinski definition) is 3. The molecular weight excluding hydrogens is 302 g/mol. The molecule has 1 atom stereocenters. The van der Waals surface area contributed by atoms with Crippen molar-refractivity contribution in [3.05, 3.63) is 65.7 Å². The van der Waals surface area contributed by atoms with Gasteiger partial charge < -0.3 is 20.6 Å². The minimum absolute atomic E-state index is 0.0294. The number of amides is 2. The van der Waals surface area contributed by atoms with Crippen LogP contribution in [0.2, 0.25) is 0 Å². The van der Waals surface area contributed by atoms with Crippen LogP contribution < -0.4 is 15.5 Å². The lowest BCUT2D eigenvalue weighted by molar-refractivity contribution is 0.239. The Labute approximate surface area is 143 Å². The van der Waals surface area contributed by atoms with Crippen LogP contribution in [0.1, 0.15) is 18.1 Å². The van der Waals surface area contributed by atoms with Gasteiger partial charge in [-0.2, -0.15) is 0 Å². The Morgan fingerprint density at radius 3 is 2.33 bits per heavy atom. The summed E-state index contributed by atoms with van der Waals surface area (Å²) < 4.78 is 0. The van der Waals surface area contributed by atoms with Gasteiger partial charge in [0, 0.05) is 31.9 Å². The first-order chi connectivity index (χ1) is 11.6. The molecule has 3 N–H and O–H groups in total. The van der Waals surface area contributed by atoms with E-state index in [9.17, 15) is 9.90 Å². The zero-order valence-electron chi connectivity index (χ0n) is 14.2. The summed E-state index contributed by atoms with van der Waals surface area (Å²) in [4.78, 5) is 14.1. The van der Waals surface area contributed by atoms with Gasteiger partial charge >= 0.3 is 6.03 Å². The van der Waals surface area contributed by atoms with Crippen LogP contribution in [0, 0.1) is 0 Å². The maximum Gasteiger partial charge on any atom is 0.315 e. The highest BCUT2D eigenvalue weighted by Crippen LogP contribution is 2.13. The summed E-state index contributed by atoms with van der Waals surface area (Å²) in [5, 5.41) is 15.0. The van der Waals surface area contributed by atoms with Gasteiger partial charge in [0.1, 0.15) is 0 Å². The number of nitrogens with one attached hydrogen (secondary N) is 2. The Hall–Kier alpha value is -2.53. The van der Waals surface area contributed by atoms with Crippen molar-refractivity contribution in [2.45, 2.75) is 26.1 Å². The molecule has 5 heteroatoms. The van der Waals surface area contributed by atoms with Crippen molar-refractivity contribution in [1.29, 1.82) is 0 Å². The van der Waals surface area contributed by atoms with E-state index in [2.05, 4.69) is 22.5 Å². The number of para-hydroxylation sites is 1. The third-order valence-electron chi connectivity index (χ3n) is 4.11. The summed E-state index contributed by atoms with van der Waals surface area (Å²) in [5.74, 6) is 0. The molecule has 0 saturated carbocycles. The summed E-state index contributed by atoms with van der Waals surface area (Å²) >= 11 is 0. The zero-order valence-corrected chi connectivity index (χ0v) is 14.2. The third kappa shape index (κ3) is 4.99. The zero-order chi connectivity index (χ0) is 17.4. The number of anilines is 1.